The fourth-order valence-corrected chi connectivity index (χ4v) is 3.71. The second-order valence-corrected chi connectivity index (χ2v) is 7.23. The molecule has 4 rings (SSSR count). The fourth-order valence-electron chi connectivity index (χ4n) is 3.71. The molecule has 0 atom stereocenters. The van der Waals surface area contributed by atoms with Crippen LogP contribution in [0.25, 0.3) is 10.9 Å². The molecule has 0 saturated heterocycles. The lowest BCUT2D eigenvalue weighted by molar-refractivity contribution is 0.462. The van der Waals surface area contributed by atoms with Crippen molar-refractivity contribution in [3.63, 3.8) is 0 Å². The Morgan fingerprint density at radius 1 is 0.962 bits per heavy atom. The smallest absolute Gasteiger partial charge is 0.225 e. The number of nitrogens with zero attached hydrogens (tertiary/aromatic N) is 2. The average Bonchev–Trinajstić information content (AvgIpc) is 2.67. The lowest BCUT2D eigenvalue weighted by atomic mass is 9.95. The number of nitrogens with one attached hydrogen (secondary N) is 2. The summed E-state index contributed by atoms with van der Waals surface area (Å²) in [7, 11) is 0. The Balaban J connectivity index is 1.58. The summed E-state index contributed by atoms with van der Waals surface area (Å²) < 4.78 is 0. The Kier molecular flexibility index (Phi) is 5.00. The van der Waals surface area contributed by atoms with Gasteiger partial charge in [0.1, 0.15) is 5.82 Å². The molecule has 3 aromatic rings. The topological polar surface area (TPSA) is 49.8 Å². The zero-order chi connectivity index (χ0) is 17.8. The van der Waals surface area contributed by atoms with Crippen molar-refractivity contribution in [3.05, 3.63) is 59.7 Å². The number of hydrogen-bond donors (Lipinski definition) is 2. The molecule has 1 aliphatic rings. The van der Waals surface area contributed by atoms with Crippen molar-refractivity contribution < 1.29 is 0 Å². The van der Waals surface area contributed by atoms with Gasteiger partial charge in [0.15, 0.2) is 0 Å². The van der Waals surface area contributed by atoms with Crippen molar-refractivity contribution in [2.24, 2.45) is 0 Å². The number of aryl methyl sites for hydroxylation is 1. The second-order valence-electron chi connectivity index (χ2n) is 7.23. The van der Waals surface area contributed by atoms with Gasteiger partial charge in [-0.15, -0.1) is 0 Å². The molecule has 4 nitrogen and oxygen atoms in total. The first kappa shape index (κ1) is 16.8. The van der Waals surface area contributed by atoms with Gasteiger partial charge in [0.2, 0.25) is 5.95 Å². The molecule has 0 radical (unpaired) electrons. The second kappa shape index (κ2) is 7.73. The Hall–Kier alpha value is -2.62. The average molecular weight is 346 g/mol. The number of aromatic nitrogens is 2. The van der Waals surface area contributed by atoms with Crippen LogP contribution in [-0.2, 0) is 6.54 Å². The SMILES string of the molecule is Cc1cccc(CNc2nc(NC3CCCCC3)c3ccccc3n2)c1. The summed E-state index contributed by atoms with van der Waals surface area (Å²) in [6, 6.07) is 17.3. The molecule has 134 valence electrons. The summed E-state index contributed by atoms with van der Waals surface area (Å²) >= 11 is 0. The zero-order valence-corrected chi connectivity index (χ0v) is 15.3. The van der Waals surface area contributed by atoms with Gasteiger partial charge in [0, 0.05) is 18.0 Å². The van der Waals surface area contributed by atoms with E-state index in [-0.39, 0.29) is 0 Å². The van der Waals surface area contributed by atoms with E-state index >= 15 is 0 Å². The molecule has 1 fully saturated rings. The normalized spacial score (nSPS) is 15.1. The number of hydrogen-bond acceptors (Lipinski definition) is 4. The summed E-state index contributed by atoms with van der Waals surface area (Å²) in [6.07, 6.45) is 6.42. The van der Waals surface area contributed by atoms with E-state index in [4.69, 9.17) is 9.97 Å². The third-order valence-corrected chi connectivity index (χ3v) is 5.08. The molecule has 0 spiro atoms. The van der Waals surface area contributed by atoms with Crippen molar-refractivity contribution in [1.82, 2.24) is 9.97 Å². The highest BCUT2D eigenvalue weighted by molar-refractivity contribution is 5.90. The molecule has 1 saturated carbocycles. The van der Waals surface area contributed by atoms with E-state index in [9.17, 15) is 0 Å². The van der Waals surface area contributed by atoms with Crippen molar-refractivity contribution in [2.45, 2.75) is 51.6 Å². The van der Waals surface area contributed by atoms with E-state index in [1.54, 1.807) is 0 Å². The molecule has 0 amide bonds. The highest BCUT2D eigenvalue weighted by Gasteiger charge is 2.16. The lowest BCUT2D eigenvalue weighted by Crippen LogP contribution is -2.23. The number of anilines is 2. The van der Waals surface area contributed by atoms with Crippen LogP contribution >= 0.6 is 0 Å². The molecule has 2 aromatic carbocycles. The van der Waals surface area contributed by atoms with Crippen LogP contribution in [0.1, 0.15) is 43.2 Å². The summed E-state index contributed by atoms with van der Waals surface area (Å²) in [5.41, 5.74) is 3.49. The van der Waals surface area contributed by atoms with Gasteiger partial charge in [0.05, 0.1) is 5.52 Å². The Morgan fingerprint density at radius 2 is 1.81 bits per heavy atom. The molecule has 0 aliphatic heterocycles. The molecule has 26 heavy (non-hydrogen) atoms. The molecule has 1 aliphatic carbocycles. The monoisotopic (exact) mass is 346 g/mol. The highest BCUT2D eigenvalue weighted by atomic mass is 15.1. The zero-order valence-electron chi connectivity index (χ0n) is 15.3. The molecule has 0 unspecified atom stereocenters. The number of fused-ring (bicyclic) bond motifs is 1. The molecular formula is C22H26N4. The van der Waals surface area contributed by atoms with Crippen molar-refractivity contribution in [2.75, 3.05) is 10.6 Å². The van der Waals surface area contributed by atoms with Gasteiger partial charge < -0.3 is 10.6 Å². The number of benzene rings is 2. The van der Waals surface area contributed by atoms with E-state index in [2.05, 4.69) is 60.0 Å². The summed E-state index contributed by atoms with van der Waals surface area (Å²) in [5.74, 6) is 1.64. The van der Waals surface area contributed by atoms with Crippen LogP contribution in [0, 0.1) is 6.92 Å². The third kappa shape index (κ3) is 3.96. The quantitative estimate of drug-likeness (QED) is 0.658. The summed E-state index contributed by atoms with van der Waals surface area (Å²) in [5, 5.41) is 8.17. The number of rotatable bonds is 5. The van der Waals surface area contributed by atoms with Gasteiger partial charge in [-0.2, -0.15) is 4.98 Å². The predicted octanol–water partition coefficient (Wildman–Crippen LogP) is 5.29. The maximum atomic E-state index is 4.80. The van der Waals surface area contributed by atoms with E-state index in [1.165, 1.54) is 43.2 Å². The van der Waals surface area contributed by atoms with E-state index in [0.717, 1.165) is 23.3 Å². The molecule has 1 heterocycles. The Bertz CT molecular complexity index is 884. The van der Waals surface area contributed by atoms with Gasteiger partial charge >= 0.3 is 0 Å². The van der Waals surface area contributed by atoms with Gasteiger partial charge in [0.25, 0.3) is 0 Å². The van der Waals surface area contributed by atoms with Crippen molar-refractivity contribution in [1.29, 1.82) is 0 Å². The largest absolute Gasteiger partial charge is 0.367 e. The molecule has 2 N–H and O–H groups in total. The van der Waals surface area contributed by atoms with Crippen LogP contribution < -0.4 is 10.6 Å². The van der Waals surface area contributed by atoms with Crippen molar-refractivity contribution in [3.8, 4) is 0 Å². The standard InChI is InChI=1S/C22H26N4/c1-16-8-7-9-17(14-16)15-23-22-25-20-13-6-5-12-19(20)21(26-22)24-18-10-3-2-4-11-18/h5-9,12-14,18H,2-4,10-11,15H2,1H3,(H2,23,24,25,26). The molecule has 4 heteroatoms. The van der Waals surface area contributed by atoms with Crippen LogP contribution in [0.4, 0.5) is 11.8 Å². The van der Waals surface area contributed by atoms with E-state index in [0.29, 0.717) is 12.0 Å². The van der Waals surface area contributed by atoms with Gasteiger partial charge in [-0.1, -0.05) is 61.2 Å². The Labute approximate surface area is 155 Å². The van der Waals surface area contributed by atoms with Gasteiger partial charge in [-0.25, -0.2) is 4.98 Å². The minimum atomic E-state index is 0.520. The van der Waals surface area contributed by atoms with Crippen LogP contribution in [-0.4, -0.2) is 16.0 Å². The molecule has 1 aromatic heterocycles. The fraction of sp³-hybridized carbons (Fsp3) is 0.364. The first-order chi connectivity index (χ1) is 12.8. The minimum Gasteiger partial charge on any atom is -0.367 e. The van der Waals surface area contributed by atoms with Crippen LogP contribution in [0.3, 0.4) is 0 Å². The summed E-state index contributed by atoms with van der Waals surface area (Å²) in [6.45, 7) is 2.84. The molecular weight excluding hydrogens is 320 g/mol. The summed E-state index contributed by atoms with van der Waals surface area (Å²) in [4.78, 5) is 9.50. The van der Waals surface area contributed by atoms with Crippen LogP contribution in [0.5, 0.6) is 0 Å². The van der Waals surface area contributed by atoms with Crippen LogP contribution in [0.2, 0.25) is 0 Å². The maximum absolute atomic E-state index is 4.80. The first-order valence-electron chi connectivity index (χ1n) is 9.61. The highest BCUT2D eigenvalue weighted by Crippen LogP contribution is 2.26. The van der Waals surface area contributed by atoms with Gasteiger partial charge in [-0.05, 0) is 37.5 Å². The predicted molar refractivity (Wildman–Crippen MR) is 109 cm³/mol. The van der Waals surface area contributed by atoms with Gasteiger partial charge in [-0.3, -0.25) is 0 Å². The minimum absolute atomic E-state index is 0.520. The third-order valence-electron chi connectivity index (χ3n) is 5.08. The first-order valence-corrected chi connectivity index (χ1v) is 9.61. The number of para-hydroxylation sites is 1. The lowest BCUT2D eigenvalue weighted by Gasteiger charge is -2.24. The Morgan fingerprint density at radius 3 is 2.65 bits per heavy atom. The van der Waals surface area contributed by atoms with E-state index in [1.807, 2.05) is 6.07 Å². The van der Waals surface area contributed by atoms with Crippen molar-refractivity contribution >= 4 is 22.7 Å². The molecule has 0 bridgehead atoms. The maximum Gasteiger partial charge on any atom is 0.225 e. The van der Waals surface area contributed by atoms with E-state index < -0.39 is 0 Å². The van der Waals surface area contributed by atoms with Crippen LogP contribution in [0.15, 0.2) is 48.5 Å².